The number of amides is 1. The molecule has 0 radical (unpaired) electrons. The maximum atomic E-state index is 13.0. The molecule has 1 aliphatic heterocycles. The third-order valence-corrected chi connectivity index (χ3v) is 4.54. The Kier molecular flexibility index (Phi) is 5.22. The smallest absolute Gasteiger partial charge is 0.237 e. The van der Waals surface area contributed by atoms with Gasteiger partial charge in [0.15, 0.2) is 0 Å². The van der Waals surface area contributed by atoms with Gasteiger partial charge in [-0.3, -0.25) is 4.79 Å². The summed E-state index contributed by atoms with van der Waals surface area (Å²) in [4.78, 5) is 12.1. The number of rotatable bonds is 4. The average Bonchev–Trinajstić information content (AvgIpc) is 3.27. The van der Waals surface area contributed by atoms with E-state index in [9.17, 15) is 9.18 Å². The maximum absolute atomic E-state index is 13.0. The molecule has 5 heteroatoms. The Balaban J connectivity index is 0.00000161. The van der Waals surface area contributed by atoms with Crippen LogP contribution in [0.15, 0.2) is 24.3 Å². The van der Waals surface area contributed by atoms with Crippen LogP contribution in [0.3, 0.4) is 0 Å². The number of hydrogen-bond donors (Lipinski definition) is 2. The van der Waals surface area contributed by atoms with Gasteiger partial charge in [0.05, 0.1) is 6.04 Å². The van der Waals surface area contributed by atoms with Gasteiger partial charge in [-0.2, -0.15) is 0 Å². The van der Waals surface area contributed by atoms with E-state index in [1.54, 1.807) is 0 Å². The molecule has 2 N–H and O–H groups in total. The van der Waals surface area contributed by atoms with Crippen molar-refractivity contribution in [3.05, 3.63) is 35.6 Å². The monoisotopic (exact) mass is 312 g/mol. The molecule has 1 aromatic rings. The highest BCUT2D eigenvalue weighted by Crippen LogP contribution is 2.47. The number of benzene rings is 1. The second kappa shape index (κ2) is 6.75. The van der Waals surface area contributed by atoms with Crippen LogP contribution in [0.4, 0.5) is 4.39 Å². The molecular formula is C16H22ClFN2O. The van der Waals surface area contributed by atoms with Crippen LogP contribution in [0, 0.1) is 5.82 Å². The van der Waals surface area contributed by atoms with Crippen molar-refractivity contribution in [2.45, 2.75) is 43.6 Å². The molecule has 3 nitrogen and oxygen atoms in total. The molecule has 21 heavy (non-hydrogen) atoms. The molecule has 1 aromatic carbocycles. The normalized spacial score (nSPS) is 23.0. The fourth-order valence-corrected chi connectivity index (χ4v) is 2.98. The number of carbonyl (C=O) groups is 1. The lowest BCUT2D eigenvalue weighted by molar-refractivity contribution is -0.123. The molecule has 1 amide bonds. The first kappa shape index (κ1) is 16.2. The van der Waals surface area contributed by atoms with Crippen molar-refractivity contribution in [2.75, 3.05) is 13.1 Å². The largest absolute Gasteiger partial charge is 0.354 e. The predicted octanol–water partition coefficient (Wildman–Crippen LogP) is 2.54. The molecule has 1 unspecified atom stereocenters. The topological polar surface area (TPSA) is 41.1 Å². The van der Waals surface area contributed by atoms with Crippen molar-refractivity contribution < 1.29 is 9.18 Å². The van der Waals surface area contributed by atoms with Gasteiger partial charge in [0, 0.05) is 12.0 Å². The van der Waals surface area contributed by atoms with Gasteiger partial charge in [0.25, 0.3) is 0 Å². The van der Waals surface area contributed by atoms with E-state index in [0.717, 1.165) is 44.2 Å². The minimum absolute atomic E-state index is 0. The lowest BCUT2D eigenvalue weighted by Crippen LogP contribution is -2.48. The zero-order valence-corrected chi connectivity index (χ0v) is 12.8. The van der Waals surface area contributed by atoms with Crippen molar-refractivity contribution >= 4 is 18.3 Å². The van der Waals surface area contributed by atoms with E-state index in [0.29, 0.717) is 6.54 Å². The van der Waals surface area contributed by atoms with Crippen LogP contribution in [0.25, 0.3) is 0 Å². The summed E-state index contributed by atoms with van der Waals surface area (Å²) in [6.07, 6.45) is 5.33. The minimum atomic E-state index is -0.208. The third kappa shape index (κ3) is 3.74. The van der Waals surface area contributed by atoms with Crippen LogP contribution in [0.2, 0.25) is 0 Å². The molecule has 1 atom stereocenters. The Bertz CT molecular complexity index is 482. The van der Waals surface area contributed by atoms with Crippen LogP contribution in [0.5, 0.6) is 0 Å². The first-order chi connectivity index (χ1) is 9.70. The molecule has 3 rings (SSSR count). The Morgan fingerprint density at radius 1 is 1.29 bits per heavy atom. The molecule has 0 spiro atoms. The molecule has 116 valence electrons. The highest BCUT2D eigenvalue weighted by atomic mass is 35.5. The van der Waals surface area contributed by atoms with Crippen LogP contribution in [0.1, 0.15) is 37.7 Å². The van der Waals surface area contributed by atoms with Crippen molar-refractivity contribution in [1.82, 2.24) is 10.6 Å². The van der Waals surface area contributed by atoms with Crippen LogP contribution in [-0.2, 0) is 10.2 Å². The number of carbonyl (C=O) groups excluding carboxylic acids is 1. The summed E-state index contributed by atoms with van der Waals surface area (Å²) in [6, 6.07) is 6.65. The first-order valence-corrected chi connectivity index (χ1v) is 7.47. The van der Waals surface area contributed by atoms with E-state index in [1.807, 2.05) is 12.1 Å². The van der Waals surface area contributed by atoms with Crippen LogP contribution >= 0.6 is 12.4 Å². The van der Waals surface area contributed by atoms with Crippen molar-refractivity contribution in [1.29, 1.82) is 0 Å². The van der Waals surface area contributed by atoms with E-state index < -0.39 is 0 Å². The zero-order valence-electron chi connectivity index (χ0n) is 12.0. The molecule has 1 aliphatic carbocycles. The Hall–Kier alpha value is -1.13. The summed E-state index contributed by atoms with van der Waals surface area (Å²) in [5, 5.41) is 6.33. The summed E-state index contributed by atoms with van der Waals surface area (Å²) in [5.41, 5.74) is 1.17. The van der Waals surface area contributed by atoms with Crippen molar-refractivity contribution in [3.8, 4) is 0 Å². The van der Waals surface area contributed by atoms with E-state index >= 15 is 0 Å². The number of hydrogen-bond acceptors (Lipinski definition) is 2. The molecular weight excluding hydrogens is 291 g/mol. The van der Waals surface area contributed by atoms with Gasteiger partial charge in [-0.15, -0.1) is 12.4 Å². The Labute approximate surface area is 131 Å². The Morgan fingerprint density at radius 3 is 2.57 bits per heavy atom. The standard InChI is InChI=1S/C16H21FN2O.ClH/c17-13-6-4-12(5-7-13)16(8-9-16)11-19-15(20)14-3-1-2-10-18-14;/h4-7,14,18H,1-3,8-11H2,(H,19,20);1H. The van der Waals surface area contributed by atoms with Crippen molar-refractivity contribution in [3.63, 3.8) is 0 Å². The maximum Gasteiger partial charge on any atom is 0.237 e. The molecule has 0 aromatic heterocycles. The lowest BCUT2D eigenvalue weighted by Gasteiger charge is -2.24. The van der Waals surface area contributed by atoms with E-state index in [4.69, 9.17) is 0 Å². The highest BCUT2D eigenvalue weighted by molar-refractivity contribution is 5.85. The minimum Gasteiger partial charge on any atom is -0.354 e. The van der Waals surface area contributed by atoms with E-state index in [-0.39, 0.29) is 35.6 Å². The number of nitrogens with one attached hydrogen (secondary N) is 2. The van der Waals surface area contributed by atoms with Crippen LogP contribution < -0.4 is 10.6 Å². The predicted molar refractivity (Wildman–Crippen MR) is 83.2 cm³/mol. The second-order valence-corrected chi connectivity index (χ2v) is 6.01. The van der Waals surface area contributed by atoms with E-state index in [2.05, 4.69) is 10.6 Å². The van der Waals surface area contributed by atoms with Gasteiger partial charge in [-0.1, -0.05) is 18.6 Å². The molecule has 1 saturated heterocycles. The molecule has 1 heterocycles. The summed E-state index contributed by atoms with van der Waals surface area (Å²) in [6.45, 7) is 1.59. The quantitative estimate of drug-likeness (QED) is 0.897. The highest BCUT2D eigenvalue weighted by Gasteiger charge is 2.44. The van der Waals surface area contributed by atoms with E-state index in [1.165, 1.54) is 12.1 Å². The Morgan fingerprint density at radius 2 is 2.00 bits per heavy atom. The van der Waals surface area contributed by atoms with Gasteiger partial charge in [0.2, 0.25) is 5.91 Å². The molecule has 0 bridgehead atoms. The van der Waals surface area contributed by atoms with Gasteiger partial charge < -0.3 is 10.6 Å². The fraction of sp³-hybridized carbons (Fsp3) is 0.562. The zero-order chi connectivity index (χ0) is 14.0. The van der Waals surface area contributed by atoms with Gasteiger partial charge in [-0.25, -0.2) is 4.39 Å². The summed E-state index contributed by atoms with van der Waals surface area (Å²) >= 11 is 0. The van der Waals surface area contributed by atoms with Gasteiger partial charge in [0.1, 0.15) is 5.82 Å². The molecule has 2 fully saturated rings. The summed E-state index contributed by atoms with van der Waals surface area (Å²) in [7, 11) is 0. The third-order valence-electron chi connectivity index (χ3n) is 4.54. The molecule has 1 saturated carbocycles. The van der Waals surface area contributed by atoms with Crippen LogP contribution in [-0.4, -0.2) is 25.0 Å². The SMILES string of the molecule is Cl.O=C(NCC1(c2ccc(F)cc2)CC1)C1CCCCN1. The fourth-order valence-electron chi connectivity index (χ4n) is 2.98. The second-order valence-electron chi connectivity index (χ2n) is 6.01. The van der Waals surface area contributed by atoms with Gasteiger partial charge in [-0.05, 0) is 49.9 Å². The number of piperidine rings is 1. The number of halogens is 2. The van der Waals surface area contributed by atoms with Crippen molar-refractivity contribution in [2.24, 2.45) is 0 Å². The first-order valence-electron chi connectivity index (χ1n) is 7.47. The summed E-state index contributed by atoms with van der Waals surface area (Å²) in [5.74, 6) is -0.0990. The van der Waals surface area contributed by atoms with Gasteiger partial charge >= 0.3 is 0 Å². The average molecular weight is 313 g/mol. The molecule has 2 aliphatic rings. The lowest BCUT2D eigenvalue weighted by atomic mass is 9.95. The summed E-state index contributed by atoms with van der Waals surface area (Å²) < 4.78 is 13.0.